The van der Waals surface area contributed by atoms with E-state index in [1.165, 1.54) is 24.0 Å². The molecule has 0 aromatic heterocycles. The molecule has 0 fully saturated rings. The summed E-state index contributed by atoms with van der Waals surface area (Å²) in [6.45, 7) is 1.86. The second kappa shape index (κ2) is 8.78. The lowest BCUT2D eigenvalue weighted by atomic mass is 10.1. The summed E-state index contributed by atoms with van der Waals surface area (Å²) in [7, 11) is 0. The van der Waals surface area contributed by atoms with E-state index in [4.69, 9.17) is 11.6 Å². The Balaban J connectivity index is 1.56. The number of benzene rings is 2. The first-order chi connectivity index (χ1) is 9.86. The van der Waals surface area contributed by atoms with E-state index in [0.29, 0.717) is 0 Å². The van der Waals surface area contributed by atoms with Gasteiger partial charge in [0, 0.05) is 6.54 Å². The van der Waals surface area contributed by atoms with Crippen LogP contribution in [0.15, 0.2) is 60.7 Å². The minimum absolute atomic E-state index is 0.0605. The van der Waals surface area contributed by atoms with Crippen molar-refractivity contribution in [3.8, 4) is 0 Å². The number of halogens is 1. The van der Waals surface area contributed by atoms with Crippen LogP contribution in [0, 0.1) is 0 Å². The molecule has 0 spiro atoms. The lowest BCUT2D eigenvalue weighted by Crippen LogP contribution is -2.20. The number of nitrogens with one attached hydrogen (secondary N) is 1. The van der Waals surface area contributed by atoms with Crippen molar-refractivity contribution in [2.45, 2.75) is 24.6 Å². The van der Waals surface area contributed by atoms with Gasteiger partial charge in [-0.2, -0.15) is 0 Å². The normalized spacial score (nSPS) is 12.2. The van der Waals surface area contributed by atoms with Gasteiger partial charge >= 0.3 is 0 Å². The molecule has 2 aromatic rings. The predicted octanol–water partition coefficient (Wildman–Crippen LogP) is 4.58. The van der Waals surface area contributed by atoms with Crippen LogP contribution in [0.3, 0.4) is 0 Å². The molecule has 0 heterocycles. The lowest BCUT2D eigenvalue weighted by Gasteiger charge is -2.11. The van der Waals surface area contributed by atoms with Gasteiger partial charge in [-0.05, 0) is 36.9 Å². The molecule has 0 aliphatic carbocycles. The summed E-state index contributed by atoms with van der Waals surface area (Å²) in [5.41, 5.74) is 2.61. The number of rotatable bonds is 8. The zero-order valence-corrected chi connectivity index (χ0v) is 12.5. The van der Waals surface area contributed by atoms with Crippen molar-refractivity contribution in [3.63, 3.8) is 0 Å². The van der Waals surface area contributed by atoms with Gasteiger partial charge in [-0.25, -0.2) is 0 Å². The van der Waals surface area contributed by atoms with Crippen molar-refractivity contribution in [2.75, 3.05) is 13.1 Å². The van der Waals surface area contributed by atoms with Gasteiger partial charge in [0.05, 0.1) is 5.38 Å². The van der Waals surface area contributed by atoms with Crippen molar-refractivity contribution >= 4 is 11.6 Å². The van der Waals surface area contributed by atoms with E-state index < -0.39 is 0 Å². The Morgan fingerprint density at radius 2 is 1.50 bits per heavy atom. The van der Waals surface area contributed by atoms with Crippen molar-refractivity contribution in [3.05, 3.63) is 71.8 Å². The fourth-order valence-electron chi connectivity index (χ4n) is 2.23. The van der Waals surface area contributed by atoms with E-state index in [2.05, 4.69) is 47.8 Å². The minimum Gasteiger partial charge on any atom is -0.315 e. The van der Waals surface area contributed by atoms with E-state index in [0.717, 1.165) is 19.5 Å². The quantitative estimate of drug-likeness (QED) is 0.553. The number of hydrogen-bond acceptors (Lipinski definition) is 1. The number of hydrogen-bond donors (Lipinski definition) is 1. The third-order valence-corrected chi connectivity index (χ3v) is 3.80. The second-order valence-electron chi connectivity index (χ2n) is 5.03. The van der Waals surface area contributed by atoms with Crippen LogP contribution >= 0.6 is 11.6 Å². The molecule has 1 unspecified atom stereocenters. The molecule has 0 saturated carbocycles. The van der Waals surface area contributed by atoms with Gasteiger partial charge in [-0.15, -0.1) is 11.6 Å². The van der Waals surface area contributed by atoms with Crippen LogP contribution in [0.1, 0.15) is 29.3 Å². The zero-order valence-electron chi connectivity index (χ0n) is 11.8. The van der Waals surface area contributed by atoms with Crippen LogP contribution in [0.2, 0.25) is 0 Å². The van der Waals surface area contributed by atoms with Gasteiger partial charge < -0.3 is 5.32 Å². The van der Waals surface area contributed by atoms with Crippen molar-refractivity contribution in [1.82, 2.24) is 5.32 Å². The van der Waals surface area contributed by atoms with Crippen LogP contribution in [0.5, 0.6) is 0 Å². The molecule has 0 radical (unpaired) electrons. The monoisotopic (exact) mass is 287 g/mol. The van der Waals surface area contributed by atoms with Crippen LogP contribution in [-0.4, -0.2) is 13.1 Å². The zero-order chi connectivity index (χ0) is 14.0. The molecule has 0 aliphatic rings. The van der Waals surface area contributed by atoms with E-state index in [1.54, 1.807) is 0 Å². The Kier molecular flexibility index (Phi) is 6.62. The lowest BCUT2D eigenvalue weighted by molar-refractivity contribution is 0.616. The van der Waals surface area contributed by atoms with E-state index >= 15 is 0 Å². The van der Waals surface area contributed by atoms with Gasteiger partial charge in [0.1, 0.15) is 0 Å². The fraction of sp³-hybridized carbons (Fsp3) is 0.333. The first kappa shape index (κ1) is 15.1. The Labute approximate surface area is 127 Å². The smallest absolute Gasteiger partial charge is 0.0709 e. The highest BCUT2D eigenvalue weighted by atomic mass is 35.5. The highest BCUT2D eigenvalue weighted by Crippen LogP contribution is 2.18. The van der Waals surface area contributed by atoms with E-state index in [1.807, 2.05) is 18.2 Å². The van der Waals surface area contributed by atoms with Gasteiger partial charge in [-0.1, -0.05) is 60.7 Å². The maximum absolute atomic E-state index is 6.35. The fourth-order valence-corrected chi connectivity index (χ4v) is 2.49. The molecular weight excluding hydrogens is 266 g/mol. The summed E-state index contributed by atoms with van der Waals surface area (Å²) in [5.74, 6) is 0. The summed E-state index contributed by atoms with van der Waals surface area (Å²) in [6.07, 6.45) is 3.56. The largest absolute Gasteiger partial charge is 0.315 e. The van der Waals surface area contributed by atoms with E-state index in [-0.39, 0.29) is 5.38 Å². The molecular formula is C18H22ClN. The van der Waals surface area contributed by atoms with Gasteiger partial charge in [0.25, 0.3) is 0 Å². The highest BCUT2D eigenvalue weighted by molar-refractivity contribution is 6.21. The molecule has 2 rings (SSSR count). The van der Waals surface area contributed by atoms with Crippen LogP contribution in [-0.2, 0) is 6.42 Å². The van der Waals surface area contributed by atoms with E-state index in [9.17, 15) is 0 Å². The SMILES string of the molecule is ClC(CNCCCCc1ccccc1)c1ccccc1. The van der Waals surface area contributed by atoms with Crippen LogP contribution in [0.4, 0.5) is 0 Å². The molecule has 2 aromatic carbocycles. The molecule has 0 amide bonds. The van der Waals surface area contributed by atoms with Crippen molar-refractivity contribution < 1.29 is 0 Å². The number of unbranched alkanes of at least 4 members (excludes halogenated alkanes) is 1. The first-order valence-electron chi connectivity index (χ1n) is 7.30. The first-order valence-corrected chi connectivity index (χ1v) is 7.73. The van der Waals surface area contributed by atoms with Crippen molar-refractivity contribution in [2.24, 2.45) is 0 Å². The van der Waals surface area contributed by atoms with Crippen LogP contribution in [0.25, 0.3) is 0 Å². The Morgan fingerprint density at radius 1 is 0.850 bits per heavy atom. The molecule has 106 valence electrons. The molecule has 0 saturated heterocycles. The summed E-state index contributed by atoms with van der Waals surface area (Å²) in [6, 6.07) is 20.9. The van der Waals surface area contributed by atoms with Crippen LogP contribution < -0.4 is 5.32 Å². The summed E-state index contributed by atoms with van der Waals surface area (Å²) >= 11 is 6.35. The third kappa shape index (κ3) is 5.36. The highest BCUT2D eigenvalue weighted by Gasteiger charge is 2.05. The number of alkyl halides is 1. The minimum atomic E-state index is 0.0605. The molecule has 2 heteroatoms. The molecule has 1 atom stereocenters. The Bertz CT molecular complexity index is 469. The third-order valence-electron chi connectivity index (χ3n) is 3.40. The molecule has 1 nitrogen and oxygen atoms in total. The second-order valence-corrected chi connectivity index (χ2v) is 5.55. The maximum Gasteiger partial charge on any atom is 0.0709 e. The molecule has 0 aliphatic heterocycles. The summed E-state index contributed by atoms with van der Waals surface area (Å²) in [4.78, 5) is 0. The van der Waals surface area contributed by atoms with Crippen molar-refractivity contribution in [1.29, 1.82) is 0 Å². The Morgan fingerprint density at radius 3 is 2.20 bits per heavy atom. The Hall–Kier alpha value is -1.31. The predicted molar refractivity (Wildman–Crippen MR) is 87.3 cm³/mol. The maximum atomic E-state index is 6.35. The average Bonchev–Trinajstić information content (AvgIpc) is 2.52. The van der Waals surface area contributed by atoms with Gasteiger partial charge in [-0.3, -0.25) is 0 Å². The molecule has 0 bridgehead atoms. The van der Waals surface area contributed by atoms with Gasteiger partial charge in [0.2, 0.25) is 0 Å². The standard InChI is InChI=1S/C18H22ClN/c19-18(17-12-5-2-6-13-17)15-20-14-8-7-11-16-9-3-1-4-10-16/h1-6,9-10,12-13,18,20H,7-8,11,14-15H2. The topological polar surface area (TPSA) is 12.0 Å². The summed E-state index contributed by atoms with van der Waals surface area (Å²) in [5, 5.41) is 3.50. The summed E-state index contributed by atoms with van der Waals surface area (Å²) < 4.78 is 0. The molecule has 20 heavy (non-hydrogen) atoms. The molecule has 1 N–H and O–H groups in total. The average molecular weight is 288 g/mol. The van der Waals surface area contributed by atoms with Gasteiger partial charge in [0.15, 0.2) is 0 Å². The number of aryl methyl sites for hydroxylation is 1.